The van der Waals surface area contributed by atoms with E-state index in [0.29, 0.717) is 5.56 Å². The van der Waals surface area contributed by atoms with Crippen LogP contribution in [0.25, 0.3) is 0 Å². The van der Waals surface area contributed by atoms with Crippen LogP contribution in [0.4, 0.5) is 10.5 Å². The molecular weight excluding hydrogens is 228 g/mol. The number of nitro groups is 1. The van der Waals surface area contributed by atoms with Crippen molar-refractivity contribution in [1.29, 1.82) is 0 Å². The van der Waals surface area contributed by atoms with Crippen molar-refractivity contribution < 1.29 is 19.6 Å². The average Bonchev–Trinajstić information content (AvgIpc) is 2.35. The third-order valence-corrected chi connectivity index (χ3v) is 2.11. The van der Waals surface area contributed by atoms with Gasteiger partial charge >= 0.3 is 6.09 Å². The van der Waals surface area contributed by atoms with Gasteiger partial charge in [0.2, 0.25) is 0 Å². The number of aliphatic hydroxyl groups excluding tert-OH is 1. The number of hydrogen-bond acceptors (Lipinski definition) is 5. The van der Waals surface area contributed by atoms with Crippen molar-refractivity contribution in [2.24, 2.45) is 0 Å². The van der Waals surface area contributed by atoms with Crippen molar-refractivity contribution in [1.82, 2.24) is 5.32 Å². The lowest BCUT2D eigenvalue weighted by Crippen LogP contribution is -2.28. The summed E-state index contributed by atoms with van der Waals surface area (Å²) >= 11 is 0. The second kappa shape index (κ2) is 5.80. The number of aliphatic hydroxyl groups is 1. The molecule has 1 amide bonds. The van der Waals surface area contributed by atoms with E-state index < -0.39 is 17.1 Å². The molecule has 92 valence electrons. The first-order chi connectivity index (χ1) is 8.04. The third kappa shape index (κ3) is 3.72. The highest BCUT2D eigenvalue weighted by Gasteiger charge is 2.11. The average molecular weight is 240 g/mol. The van der Waals surface area contributed by atoms with Crippen LogP contribution in [0.2, 0.25) is 0 Å². The Hall–Kier alpha value is -2.15. The maximum Gasteiger partial charge on any atom is 0.406 e. The predicted octanol–water partition coefficient (Wildman–Crippen LogP) is 0.984. The summed E-state index contributed by atoms with van der Waals surface area (Å²) in [7, 11) is 1.22. The molecule has 0 saturated carbocycles. The van der Waals surface area contributed by atoms with Gasteiger partial charge in [0.05, 0.1) is 24.7 Å². The molecule has 1 aromatic rings. The zero-order valence-corrected chi connectivity index (χ0v) is 9.12. The molecule has 1 rings (SSSR count). The summed E-state index contributed by atoms with van der Waals surface area (Å²) in [6, 6.07) is 5.44. The second-order valence-electron chi connectivity index (χ2n) is 3.24. The second-order valence-corrected chi connectivity index (χ2v) is 3.24. The number of alkyl carbamates (subject to hydrolysis) is 1. The molecule has 0 aromatic heterocycles. The minimum atomic E-state index is -0.935. The molecule has 0 fully saturated rings. The van der Waals surface area contributed by atoms with E-state index in [1.54, 1.807) is 0 Å². The van der Waals surface area contributed by atoms with E-state index in [1.165, 1.54) is 31.4 Å². The van der Waals surface area contributed by atoms with Gasteiger partial charge < -0.3 is 15.2 Å². The van der Waals surface area contributed by atoms with Crippen molar-refractivity contribution in [2.45, 2.75) is 6.10 Å². The van der Waals surface area contributed by atoms with Crippen LogP contribution in [0.15, 0.2) is 24.3 Å². The monoisotopic (exact) mass is 240 g/mol. The highest BCUT2D eigenvalue weighted by atomic mass is 16.6. The number of carbonyl (C=O) groups is 1. The number of amides is 1. The lowest BCUT2D eigenvalue weighted by Gasteiger charge is -2.11. The predicted molar refractivity (Wildman–Crippen MR) is 58.5 cm³/mol. The number of nitrogens with one attached hydrogen (secondary N) is 1. The molecule has 17 heavy (non-hydrogen) atoms. The maximum atomic E-state index is 10.8. The molecule has 0 spiro atoms. The topological polar surface area (TPSA) is 102 Å². The van der Waals surface area contributed by atoms with Gasteiger partial charge in [-0.05, 0) is 17.7 Å². The Morgan fingerprint density at radius 3 is 2.59 bits per heavy atom. The quantitative estimate of drug-likeness (QED) is 0.603. The summed E-state index contributed by atoms with van der Waals surface area (Å²) in [5, 5.41) is 22.4. The molecule has 0 aliphatic heterocycles. The molecule has 0 aliphatic carbocycles. The van der Waals surface area contributed by atoms with Gasteiger partial charge in [0.15, 0.2) is 0 Å². The Balaban J connectivity index is 2.60. The van der Waals surface area contributed by atoms with Gasteiger partial charge in [-0.1, -0.05) is 0 Å². The normalized spacial score (nSPS) is 11.6. The molecule has 7 heteroatoms. The standard InChI is InChI=1S/C10H12N2O5/c1-17-10(14)11-6-9(13)7-2-4-8(5-3-7)12(15)16/h2-5,9,13H,6H2,1H3,(H,11,14)/t9-/m0/s1. The fourth-order valence-electron chi connectivity index (χ4n) is 1.19. The number of hydrogen-bond donors (Lipinski definition) is 2. The number of non-ortho nitro benzene ring substituents is 1. The summed E-state index contributed by atoms with van der Waals surface area (Å²) in [6.07, 6.45) is -1.58. The van der Waals surface area contributed by atoms with Gasteiger partial charge in [-0.15, -0.1) is 0 Å². The lowest BCUT2D eigenvalue weighted by molar-refractivity contribution is -0.384. The molecule has 0 heterocycles. The Labute approximate surface area is 97.2 Å². The van der Waals surface area contributed by atoms with Crippen molar-refractivity contribution in [3.8, 4) is 0 Å². The number of carbonyl (C=O) groups excluding carboxylic acids is 1. The fraction of sp³-hybridized carbons (Fsp3) is 0.300. The van der Waals surface area contributed by atoms with Crippen LogP contribution in [0.3, 0.4) is 0 Å². The zero-order valence-electron chi connectivity index (χ0n) is 9.12. The first kappa shape index (κ1) is 12.9. The number of methoxy groups -OCH3 is 1. The highest BCUT2D eigenvalue weighted by Crippen LogP contribution is 2.17. The Morgan fingerprint density at radius 1 is 1.53 bits per heavy atom. The van der Waals surface area contributed by atoms with Crippen LogP contribution in [-0.4, -0.2) is 29.8 Å². The van der Waals surface area contributed by atoms with Crippen molar-refractivity contribution >= 4 is 11.8 Å². The van der Waals surface area contributed by atoms with E-state index in [1.807, 2.05) is 0 Å². The van der Waals surface area contributed by atoms with Gasteiger partial charge in [-0.25, -0.2) is 4.79 Å². The minimum Gasteiger partial charge on any atom is -0.453 e. The van der Waals surface area contributed by atoms with Crippen LogP contribution in [-0.2, 0) is 4.74 Å². The largest absolute Gasteiger partial charge is 0.453 e. The summed E-state index contributed by atoms with van der Waals surface area (Å²) in [4.78, 5) is 20.6. The van der Waals surface area contributed by atoms with Crippen LogP contribution in [0, 0.1) is 10.1 Å². The molecule has 1 atom stereocenters. The number of ether oxygens (including phenoxy) is 1. The Morgan fingerprint density at radius 2 is 2.12 bits per heavy atom. The van der Waals surface area contributed by atoms with E-state index >= 15 is 0 Å². The molecule has 0 saturated heterocycles. The molecule has 0 radical (unpaired) electrons. The van der Waals surface area contributed by atoms with Gasteiger partial charge in [-0.3, -0.25) is 10.1 Å². The number of nitro benzene ring substituents is 1. The van der Waals surface area contributed by atoms with Gasteiger partial charge in [0.1, 0.15) is 0 Å². The van der Waals surface area contributed by atoms with Crippen molar-refractivity contribution in [2.75, 3.05) is 13.7 Å². The molecule has 2 N–H and O–H groups in total. The lowest BCUT2D eigenvalue weighted by atomic mass is 10.1. The molecule has 1 aromatic carbocycles. The summed E-state index contributed by atoms with van der Waals surface area (Å²) in [5.74, 6) is 0. The Bertz CT molecular complexity index is 404. The molecule has 0 unspecified atom stereocenters. The number of nitrogens with zero attached hydrogens (tertiary/aromatic N) is 1. The third-order valence-electron chi connectivity index (χ3n) is 2.11. The number of rotatable bonds is 4. The van der Waals surface area contributed by atoms with Gasteiger partial charge in [0, 0.05) is 12.1 Å². The molecule has 0 bridgehead atoms. The molecule has 0 aliphatic rings. The van der Waals surface area contributed by atoms with E-state index in [9.17, 15) is 20.0 Å². The summed E-state index contributed by atoms with van der Waals surface area (Å²) < 4.78 is 4.34. The van der Waals surface area contributed by atoms with Gasteiger partial charge in [0.25, 0.3) is 5.69 Å². The smallest absolute Gasteiger partial charge is 0.406 e. The summed E-state index contributed by atoms with van der Waals surface area (Å²) in [5.41, 5.74) is 0.425. The molecular formula is C10H12N2O5. The zero-order chi connectivity index (χ0) is 12.8. The first-order valence-corrected chi connectivity index (χ1v) is 4.79. The number of benzene rings is 1. The van der Waals surface area contributed by atoms with Crippen LogP contribution < -0.4 is 5.32 Å². The van der Waals surface area contributed by atoms with E-state index in [0.717, 1.165) is 0 Å². The van der Waals surface area contributed by atoms with Crippen molar-refractivity contribution in [3.05, 3.63) is 39.9 Å². The fourth-order valence-corrected chi connectivity index (χ4v) is 1.19. The molecule has 7 nitrogen and oxygen atoms in total. The van der Waals surface area contributed by atoms with Crippen LogP contribution >= 0.6 is 0 Å². The van der Waals surface area contributed by atoms with Gasteiger partial charge in [-0.2, -0.15) is 0 Å². The van der Waals surface area contributed by atoms with Crippen LogP contribution in [0.5, 0.6) is 0 Å². The highest BCUT2D eigenvalue weighted by molar-refractivity contribution is 5.66. The Kier molecular flexibility index (Phi) is 4.41. The van der Waals surface area contributed by atoms with Crippen LogP contribution in [0.1, 0.15) is 11.7 Å². The van der Waals surface area contributed by atoms with E-state index in [-0.39, 0.29) is 12.2 Å². The SMILES string of the molecule is COC(=O)NC[C@H](O)c1ccc([N+](=O)[O-])cc1. The first-order valence-electron chi connectivity index (χ1n) is 4.79. The minimum absolute atomic E-state index is 0.0233. The van der Waals surface area contributed by atoms with E-state index in [4.69, 9.17) is 0 Å². The summed E-state index contributed by atoms with van der Waals surface area (Å²) in [6.45, 7) is -0.0233. The van der Waals surface area contributed by atoms with Crippen molar-refractivity contribution in [3.63, 3.8) is 0 Å². The maximum absolute atomic E-state index is 10.8. The van der Waals surface area contributed by atoms with E-state index in [2.05, 4.69) is 10.1 Å².